The Morgan fingerprint density at radius 1 is 1.50 bits per heavy atom. The zero-order chi connectivity index (χ0) is 7.61. The van der Waals surface area contributed by atoms with Crippen molar-refractivity contribution < 1.29 is 9.38 Å². The van der Waals surface area contributed by atoms with E-state index in [2.05, 4.69) is 0 Å². The molecular formula is C5H11N3O2. The second-order valence-electron chi connectivity index (χ2n) is 2.33. The van der Waals surface area contributed by atoms with Gasteiger partial charge in [-0.05, 0) is 0 Å². The van der Waals surface area contributed by atoms with E-state index >= 15 is 0 Å². The Hall–Kier alpha value is -0.650. The minimum atomic E-state index is -0.708. The largest absolute Gasteiger partial charge is 0.625 e. The van der Waals surface area contributed by atoms with Gasteiger partial charge in [0.2, 0.25) is 0 Å². The second-order valence-corrected chi connectivity index (χ2v) is 2.33. The molecule has 0 amide bonds. The number of morpholine rings is 1. The monoisotopic (exact) mass is 145 g/mol. The van der Waals surface area contributed by atoms with Crippen LogP contribution in [0.3, 0.4) is 0 Å². The van der Waals surface area contributed by atoms with E-state index in [1.165, 1.54) is 0 Å². The highest BCUT2D eigenvalue weighted by molar-refractivity contribution is 5.67. The molecule has 0 aromatic carbocycles. The van der Waals surface area contributed by atoms with Crippen molar-refractivity contribution in [2.45, 2.75) is 0 Å². The molecule has 0 aromatic heterocycles. The third-order valence-corrected chi connectivity index (χ3v) is 1.63. The molecule has 0 radical (unpaired) electrons. The maximum absolute atomic E-state index is 11.3. The first-order chi connectivity index (χ1) is 4.65. The highest BCUT2D eigenvalue weighted by Crippen LogP contribution is 2.06. The molecule has 1 aliphatic rings. The van der Waals surface area contributed by atoms with E-state index in [1.807, 2.05) is 0 Å². The lowest BCUT2D eigenvalue weighted by Gasteiger charge is -2.42. The van der Waals surface area contributed by atoms with Crippen LogP contribution in [0.25, 0.3) is 0 Å². The predicted molar refractivity (Wildman–Crippen MR) is 36.1 cm³/mol. The normalized spacial score (nSPS) is 24.1. The number of rotatable bonds is 0. The van der Waals surface area contributed by atoms with Gasteiger partial charge in [-0.25, -0.2) is 5.41 Å². The summed E-state index contributed by atoms with van der Waals surface area (Å²) in [5, 5.41) is 18.3. The van der Waals surface area contributed by atoms with E-state index in [1.54, 1.807) is 0 Å². The molecule has 10 heavy (non-hydrogen) atoms. The Balaban J connectivity index is 2.56. The maximum atomic E-state index is 11.3. The first-order valence-electron chi connectivity index (χ1n) is 3.15. The maximum Gasteiger partial charge on any atom is 0.292 e. The van der Waals surface area contributed by atoms with E-state index < -0.39 is 4.65 Å². The van der Waals surface area contributed by atoms with E-state index in [9.17, 15) is 5.21 Å². The fraction of sp³-hybridized carbons (Fsp3) is 0.800. The summed E-state index contributed by atoms with van der Waals surface area (Å²) in [6.07, 6.45) is 0. The van der Waals surface area contributed by atoms with Crippen molar-refractivity contribution in [2.75, 3.05) is 26.3 Å². The van der Waals surface area contributed by atoms with Gasteiger partial charge in [0.15, 0.2) is 0 Å². The van der Waals surface area contributed by atoms with Crippen LogP contribution in [0.4, 0.5) is 0 Å². The molecule has 0 spiro atoms. The zero-order valence-electron chi connectivity index (χ0n) is 5.67. The van der Waals surface area contributed by atoms with Gasteiger partial charge in [-0.3, -0.25) is 4.65 Å². The van der Waals surface area contributed by atoms with E-state index in [4.69, 9.17) is 15.9 Å². The van der Waals surface area contributed by atoms with E-state index in [0.717, 1.165) is 0 Å². The Kier molecular flexibility index (Phi) is 1.89. The molecule has 1 heterocycles. The fourth-order valence-corrected chi connectivity index (χ4v) is 0.879. The number of nitrogens with two attached hydrogens (primary N) is 1. The molecule has 3 N–H and O–H groups in total. The molecule has 0 aromatic rings. The van der Waals surface area contributed by atoms with Crippen molar-refractivity contribution in [1.82, 2.24) is 0 Å². The third-order valence-electron chi connectivity index (χ3n) is 1.63. The van der Waals surface area contributed by atoms with Crippen molar-refractivity contribution in [3.63, 3.8) is 0 Å². The molecule has 0 bridgehead atoms. The van der Waals surface area contributed by atoms with Crippen molar-refractivity contribution in [1.29, 1.82) is 5.41 Å². The van der Waals surface area contributed by atoms with E-state index in [-0.39, 0.29) is 19.0 Å². The van der Waals surface area contributed by atoms with Gasteiger partial charge in [-0.15, -0.1) is 0 Å². The number of hydrogen-bond donors (Lipinski definition) is 2. The molecule has 5 nitrogen and oxygen atoms in total. The summed E-state index contributed by atoms with van der Waals surface area (Å²) < 4.78 is 4.24. The molecule has 1 fully saturated rings. The lowest BCUT2D eigenvalue weighted by atomic mass is 10.4. The van der Waals surface area contributed by atoms with Crippen LogP contribution in [0, 0.1) is 10.6 Å². The van der Waals surface area contributed by atoms with Crippen LogP contribution < -0.4 is 5.73 Å². The summed E-state index contributed by atoms with van der Waals surface area (Å²) in [5.41, 5.74) is 5.09. The molecule has 0 saturated carbocycles. The number of hydrogen-bond acceptors (Lipinski definition) is 3. The van der Waals surface area contributed by atoms with Crippen molar-refractivity contribution in [3.8, 4) is 0 Å². The quantitative estimate of drug-likeness (QED) is 0.203. The average molecular weight is 145 g/mol. The van der Waals surface area contributed by atoms with Crippen molar-refractivity contribution in [2.24, 2.45) is 5.73 Å². The van der Waals surface area contributed by atoms with Crippen LogP contribution in [0.1, 0.15) is 0 Å². The topological polar surface area (TPSA) is 82.2 Å². The Morgan fingerprint density at radius 2 is 2.00 bits per heavy atom. The van der Waals surface area contributed by atoms with Crippen LogP contribution in [0.2, 0.25) is 0 Å². The highest BCUT2D eigenvalue weighted by atomic mass is 16.6. The van der Waals surface area contributed by atoms with E-state index in [0.29, 0.717) is 13.2 Å². The van der Waals surface area contributed by atoms with Gasteiger partial charge >= 0.3 is 0 Å². The van der Waals surface area contributed by atoms with Crippen LogP contribution in [0.5, 0.6) is 0 Å². The number of guanidine groups is 1. The lowest BCUT2D eigenvalue weighted by Crippen LogP contribution is -2.57. The van der Waals surface area contributed by atoms with Gasteiger partial charge in [-0.2, -0.15) is 0 Å². The first-order valence-corrected chi connectivity index (χ1v) is 3.15. The van der Waals surface area contributed by atoms with Crippen molar-refractivity contribution in [3.05, 3.63) is 5.21 Å². The summed E-state index contributed by atoms with van der Waals surface area (Å²) in [5.74, 6) is -0.316. The molecule has 5 heteroatoms. The molecule has 0 unspecified atom stereocenters. The highest BCUT2D eigenvalue weighted by Gasteiger charge is 2.24. The third kappa shape index (κ3) is 1.26. The van der Waals surface area contributed by atoms with Gasteiger partial charge in [0.1, 0.15) is 13.1 Å². The van der Waals surface area contributed by atoms with Gasteiger partial charge < -0.3 is 15.7 Å². The van der Waals surface area contributed by atoms with Crippen LogP contribution in [-0.2, 0) is 4.74 Å². The number of quaternary nitrogens is 1. The van der Waals surface area contributed by atoms with Crippen molar-refractivity contribution >= 4 is 5.96 Å². The van der Waals surface area contributed by atoms with Gasteiger partial charge in [0.25, 0.3) is 5.96 Å². The second kappa shape index (κ2) is 2.53. The Bertz CT molecular complexity index is 142. The lowest BCUT2D eigenvalue weighted by molar-refractivity contribution is -0.802. The Morgan fingerprint density at radius 3 is 2.30 bits per heavy atom. The SMILES string of the molecule is N=C(N)[N+]1([O-])CCOCC1. The number of ether oxygens (including phenoxy) is 1. The predicted octanol–water partition coefficient (Wildman–Crippen LogP) is -0.775. The summed E-state index contributed by atoms with van der Waals surface area (Å²) in [6.45, 7) is 1.36. The first kappa shape index (κ1) is 7.46. The minimum Gasteiger partial charge on any atom is -0.625 e. The van der Waals surface area contributed by atoms with Gasteiger partial charge in [0, 0.05) is 0 Å². The summed E-state index contributed by atoms with van der Waals surface area (Å²) in [7, 11) is 0. The van der Waals surface area contributed by atoms with Gasteiger partial charge in [-0.1, -0.05) is 0 Å². The van der Waals surface area contributed by atoms with Gasteiger partial charge in [0.05, 0.1) is 13.2 Å². The zero-order valence-corrected chi connectivity index (χ0v) is 5.67. The number of nitrogens with one attached hydrogen (secondary N) is 1. The summed E-state index contributed by atoms with van der Waals surface area (Å²) in [6, 6.07) is 0. The molecule has 1 rings (SSSR count). The minimum absolute atomic E-state index is 0.273. The van der Waals surface area contributed by atoms with Crippen LogP contribution in [-0.4, -0.2) is 36.9 Å². The molecule has 1 aliphatic heterocycles. The summed E-state index contributed by atoms with van der Waals surface area (Å²) in [4.78, 5) is 0. The molecule has 1 saturated heterocycles. The van der Waals surface area contributed by atoms with Crippen LogP contribution >= 0.6 is 0 Å². The summed E-state index contributed by atoms with van der Waals surface area (Å²) >= 11 is 0. The molecule has 0 aliphatic carbocycles. The molecular weight excluding hydrogens is 134 g/mol. The average Bonchev–Trinajstić information content (AvgIpc) is 1.89. The smallest absolute Gasteiger partial charge is 0.292 e. The standard InChI is InChI=1S/C5H11N3O2/c6-5(7)8(9)1-3-10-4-2-8/h1-4H2,(H3,6,7). The molecule has 58 valence electrons. The number of nitrogens with zero attached hydrogens (tertiary/aromatic N) is 1. The number of hydroxylamine groups is 3. The Labute approximate surface area is 59.1 Å². The molecule has 0 atom stereocenters. The fourth-order valence-electron chi connectivity index (χ4n) is 0.879. The van der Waals surface area contributed by atoms with Crippen LogP contribution in [0.15, 0.2) is 0 Å².